The maximum Gasteiger partial charge on any atom is 0.110 e. The Morgan fingerprint density at radius 2 is 1.65 bits per heavy atom. The molecule has 3 heteroatoms. The van der Waals surface area contributed by atoms with Crippen LogP contribution < -0.4 is 4.90 Å². The Balaban J connectivity index is 1.87. The van der Waals surface area contributed by atoms with E-state index in [-0.39, 0.29) is 0 Å². The summed E-state index contributed by atoms with van der Waals surface area (Å²) in [6.07, 6.45) is 6.48. The van der Waals surface area contributed by atoms with E-state index in [9.17, 15) is 0 Å². The predicted octanol–water partition coefficient (Wildman–Crippen LogP) is 2.78. The van der Waals surface area contributed by atoms with Gasteiger partial charge in [-0.1, -0.05) is 0 Å². The molecule has 88 valence electrons. The summed E-state index contributed by atoms with van der Waals surface area (Å²) >= 11 is 0. The summed E-state index contributed by atoms with van der Waals surface area (Å²) in [5.41, 5.74) is 2.52. The fraction of sp³-hybridized carbons (Fsp3) is 0.357. The molecule has 1 fully saturated rings. The van der Waals surface area contributed by atoms with Gasteiger partial charge < -0.3 is 9.47 Å². The van der Waals surface area contributed by atoms with Crippen molar-refractivity contribution >= 4 is 5.69 Å². The first-order valence-corrected chi connectivity index (χ1v) is 6.20. The molecule has 3 rings (SSSR count). The van der Waals surface area contributed by atoms with Crippen LogP contribution in [0.4, 0.5) is 5.69 Å². The van der Waals surface area contributed by atoms with Crippen LogP contribution in [0.5, 0.6) is 0 Å². The second-order valence-corrected chi connectivity index (χ2v) is 4.56. The molecule has 0 N–H and O–H groups in total. The van der Waals surface area contributed by atoms with Gasteiger partial charge in [-0.25, -0.2) is 4.98 Å². The molecule has 3 nitrogen and oxygen atoms in total. The van der Waals surface area contributed by atoms with Crippen LogP contribution in [0.15, 0.2) is 36.7 Å². The fourth-order valence-electron chi connectivity index (χ4n) is 2.45. The number of rotatable bonds is 2. The summed E-state index contributed by atoms with van der Waals surface area (Å²) in [7, 11) is 0. The van der Waals surface area contributed by atoms with E-state index in [2.05, 4.69) is 38.7 Å². The lowest BCUT2D eigenvalue weighted by molar-refractivity contribution is 0.949. The fourth-order valence-corrected chi connectivity index (χ4v) is 2.45. The average Bonchev–Trinajstić information content (AvgIpc) is 3.00. The minimum atomic E-state index is 1.03. The van der Waals surface area contributed by atoms with Crippen LogP contribution in [0.25, 0.3) is 5.69 Å². The van der Waals surface area contributed by atoms with Crippen LogP contribution in [0.1, 0.15) is 18.7 Å². The average molecular weight is 227 g/mol. The second kappa shape index (κ2) is 4.24. The first kappa shape index (κ1) is 10.4. The van der Waals surface area contributed by atoms with E-state index in [1.165, 1.54) is 37.3 Å². The highest BCUT2D eigenvalue weighted by atomic mass is 15.1. The number of nitrogens with zero attached hydrogens (tertiary/aromatic N) is 3. The Morgan fingerprint density at radius 3 is 2.24 bits per heavy atom. The van der Waals surface area contributed by atoms with Crippen LogP contribution in [-0.2, 0) is 0 Å². The number of hydrogen-bond acceptors (Lipinski definition) is 2. The lowest BCUT2D eigenvalue weighted by Gasteiger charge is -2.18. The maximum absolute atomic E-state index is 4.25. The summed E-state index contributed by atoms with van der Waals surface area (Å²) in [5.74, 6) is 1.03. The second-order valence-electron chi connectivity index (χ2n) is 4.56. The van der Waals surface area contributed by atoms with E-state index in [1.807, 2.05) is 19.3 Å². The van der Waals surface area contributed by atoms with Crippen molar-refractivity contribution in [1.82, 2.24) is 9.55 Å². The molecule has 2 aromatic rings. The number of aromatic nitrogens is 2. The van der Waals surface area contributed by atoms with Crippen molar-refractivity contribution in [2.45, 2.75) is 19.8 Å². The van der Waals surface area contributed by atoms with E-state index in [4.69, 9.17) is 0 Å². The minimum Gasteiger partial charge on any atom is -0.372 e. The van der Waals surface area contributed by atoms with Crippen molar-refractivity contribution in [2.24, 2.45) is 0 Å². The zero-order valence-electron chi connectivity index (χ0n) is 10.1. The largest absolute Gasteiger partial charge is 0.372 e. The summed E-state index contributed by atoms with van der Waals surface area (Å²) in [6, 6.07) is 8.75. The standard InChI is InChI=1S/C14H17N3/c1-12-15-8-11-17(12)14-6-4-13(5-7-14)16-9-2-3-10-16/h4-8,11H,2-3,9-10H2,1H3. The van der Waals surface area contributed by atoms with Crippen molar-refractivity contribution in [1.29, 1.82) is 0 Å². The van der Waals surface area contributed by atoms with E-state index in [0.29, 0.717) is 0 Å². The van der Waals surface area contributed by atoms with Gasteiger partial charge in [-0.15, -0.1) is 0 Å². The van der Waals surface area contributed by atoms with Gasteiger partial charge >= 0.3 is 0 Å². The third-order valence-corrected chi connectivity index (χ3v) is 3.42. The number of benzene rings is 1. The van der Waals surface area contributed by atoms with Gasteiger partial charge in [0.1, 0.15) is 5.82 Å². The van der Waals surface area contributed by atoms with Gasteiger partial charge in [-0.2, -0.15) is 0 Å². The molecular formula is C14H17N3. The van der Waals surface area contributed by atoms with E-state index < -0.39 is 0 Å². The molecule has 1 aromatic heterocycles. The van der Waals surface area contributed by atoms with Gasteiger partial charge in [0.2, 0.25) is 0 Å². The topological polar surface area (TPSA) is 21.1 Å². The molecule has 0 atom stereocenters. The molecule has 0 spiro atoms. The Bertz CT molecular complexity index is 492. The molecule has 0 unspecified atom stereocenters. The monoisotopic (exact) mass is 227 g/mol. The number of anilines is 1. The molecule has 0 bridgehead atoms. The minimum absolute atomic E-state index is 1.03. The first-order chi connectivity index (χ1) is 8.34. The Morgan fingerprint density at radius 1 is 1.00 bits per heavy atom. The van der Waals surface area contributed by atoms with Crippen LogP contribution in [-0.4, -0.2) is 22.6 Å². The molecule has 1 aliphatic heterocycles. The van der Waals surface area contributed by atoms with Crippen LogP contribution in [0.3, 0.4) is 0 Å². The number of aryl methyl sites for hydroxylation is 1. The number of hydrogen-bond donors (Lipinski definition) is 0. The van der Waals surface area contributed by atoms with E-state index in [0.717, 1.165) is 5.82 Å². The van der Waals surface area contributed by atoms with Crippen molar-refractivity contribution in [2.75, 3.05) is 18.0 Å². The molecule has 0 aliphatic carbocycles. The van der Waals surface area contributed by atoms with Gasteiger partial charge in [0.15, 0.2) is 0 Å². The van der Waals surface area contributed by atoms with Gasteiger partial charge in [0, 0.05) is 36.9 Å². The highest BCUT2D eigenvalue weighted by Crippen LogP contribution is 2.21. The third-order valence-electron chi connectivity index (χ3n) is 3.42. The normalized spacial score (nSPS) is 15.5. The highest BCUT2D eigenvalue weighted by Gasteiger charge is 2.11. The molecule has 1 saturated heterocycles. The number of imidazole rings is 1. The van der Waals surface area contributed by atoms with Crippen molar-refractivity contribution in [3.05, 3.63) is 42.5 Å². The molecular weight excluding hydrogens is 210 g/mol. The van der Waals surface area contributed by atoms with Crippen molar-refractivity contribution in [3.8, 4) is 5.69 Å². The lowest BCUT2D eigenvalue weighted by Crippen LogP contribution is -2.17. The molecule has 17 heavy (non-hydrogen) atoms. The zero-order chi connectivity index (χ0) is 11.7. The van der Waals surface area contributed by atoms with Crippen LogP contribution in [0.2, 0.25) is 0 Å². The van der Waals surface area contributed by atoms with E-state index >= 15 is 0 Å². The molecule has 1 aliphatic rings. The van der Waals surface area contributed by atoms with Gasteiger partial charge in [-0.05, 0) is 44.0 Å². The Kier molecular flexibility index (Phi) is 2.59. The van der Waals surface area contributed by atoms with Gasteiger partial charge in [0.05, 0.1) is 0 Å². The zero-order valence-corrected chi connectivity index (χ0v) is 10.1. The highest BCUT2D eigenvalue weighted by molar-refractivity contribution is 5.51. The van der Waals surface area contributed by atoms with Crippen LogP contribution >= 0.6 is 0 Å². The van der Waals surface area contributed by atoms with Crippen molar-refractivity contribution < 1.29 is 0 Å². The molecule has 2 heterocycles. The summed E-state index contributed by atoms with van der Waals surface area (Å²) in [6.45, 7) is 4.42. The Labute approximate surface area is 102 Å². The maximum atomic E-state index is 4.25. The lowest BCUT2D eigenvalue weighted by atomic mass is 10.2. The summed E-state index contributed by atoms with van der Waals surface area (Å²) in [5, 5.41) is 0. The smallest absolute Gasteiger partial charge is 0.110 e. The van der Waals surface area contributed by atoms with Gasteiger partial charge in [0.25, 0.3) is 0 Å². The summed E-state index contributed by atoms with van der Waals surface area (Å²) < 4.78 is 2.10. The van der Waals surface area contributed by atoms with Gasteiger partial charge in [-0.3, -0.25) is 0 Å². The van der Waals surface area contributed by atoms with E-state index in [1.54, 1.807) is 0 Å². The molecule has 0 radical (unpaired) electrons. The Hall–Kier alpha value is -1.77. The molecule has 1 aromatic carbocycles. The van der Waals surface area contributed by atoms with Crippen LogP contribution in [0, 0.1) is 6.92 Å². The predicted molar refractivity (Wildman–Crippen MR) is 69.7 cm³/mol. The first-order valence-electron chi connectivity index (χ1n) is 6.20. The quantitative estimate of drug-likeness (QED) is 0.786. The van der Waals surface area contributed by atoms with Crippen molar-refractivity contribution in [3.63, 3.8) is 0 Å². The third kappa shape index (κ3) is 1.93. The summed E-state index contributed by atoms with van der Waals surface area (Å²) in [4.78, 5) is 6.69. The SMILES string of the molecule is Cc1nccn1-c1ccc(N2CCCC2)cc1. The molecule has 0 saturated carbocycles. The molecule has 0 amide bonds.